The number of aliphatic hydroxyl groups is 1. The number of ether oxygens (including phenoxy) is 1. The van der Waals surface area contributed by atoms with Gasteiger partial charge in [-0.2, -0.15) is 5.21 Å². The van der Waals surface area contributed by atoms with E-state index in [1.54, 1.807) is 36.6 Å². The molecular weight excluding hydrogens is 458 g/mol. The molecule has 0 saturated carbocycles. The van der Waals surface area contributed by atoms with Gasteiger partial charge in [0.15, 0.2) is 23.0 Å². The van der Waals surface area contributed by atoms with Gasteiger partial charge in [0.2, 0.25) is 5.82 Å². The molecule has 0 amide bonds. The first-order chi connectivity index (χ1) is 17.7. The molecule has 0 spiro atoms. The van der Waals surface area contributed by atoms with Crippen LogP contribution in [0.3, 0.4) is 0 Å². The normalized spacial score (nSPS) is 12.6. The standard InChI is InChI=1S/C27H27N5O4/c1-2-20(13-9-17-35-16-7-6-12-19-10-4-3-5-11-19)27(34)28-22-15-8-14-21-23(33)18-24(36-25(21)22)26-29-31-32-30-26/h2-5,8-11,13-15,17-18,27-28,34H,1,6-7,12,16H2,(H,29,30,31,32)/b17-9+,20-13+. The van der Waals surface area contributed by atoms with Crippen molar-refractivity contribution in [3.63, 3.8) is 0 Å². The molecular formula is C27H27N5O4. The lowest BCUT2D eigenvalue weighted by atomic mass is 10.1. The predicted molar refractivity (Wildman–Crippen MR) is 138 cm³/mol. The third kappa shape index (κ3) is 6.34. The van der Waals surface area contributed by atoms with Crippen LogP contribution in [0.1, 0.15) is 18.4 Å². The number of nitrogens with zero attached hydrogens (tertiary/aromatic N) is 3. The number of nitrogens with one attached hydrogen (secondary N) is 2. The largest absolute Gasteiger partial charge is 0.501 e. The van der Waals surface area contributed by atoms with Crippen LogP contribution in [0.2, 0.25) is 0 Å². The number of rotatable bonds is 12. The van der Waals surface area contributed by atoms with Crippen LogP contribution in [-0.2, 0) is 11.2 Å². The summed E-state index contributed by atoms with van der Waals surface area (Å²) >= 11 is 0. The molecule has 9 nitrogen and oxygen atoms in total. The number of fused-ring (bicyclic) bond motifs is 1. The highest BCUT2D eigenvalue weighted by molar-refractivity contribution is 5.89. The summed E-state index contributed by atoms with van der Waals surface area (Å²) in [5.41, 5.74) is 2.25. The Hall–Kier alpha value is -4.50. The number of unbranched alkanes of at least 4 members (excludes halogenated alkanes) is 1. The summed E-state index contributed by atoms with van der Waals surface area (Å²) in [4.78, 5) is 12.6. The van der Waals surface area contributed by atoms with E-state index in [2.05, 4.69) is 44.7 Å². The van der Waals surface area contributed by atoms with Crippen molar-refractivity contribution in [3.05, 3.63) is 107 Å². The van der Waals surface area contributed by atoms with E-state index in [9.17, 15) is 9.90 Å². The van der Waals surface area contributed by atoms with Crippen LogP contribution in [0.15, 0.2) is 100 Å². The van der Waals surface area contributed by atoms with E-state index in [0.717, 1.165) is 19.3 Å². The van der Waals surface area contributed by atoms with Crippen molar-refractivity contribution in [3.8, 4) is 11.6 Å². The number of H-pyrrole nitrogens is 1. The van der Waals surface area contributed by atoms with Gasteiger partial charge < -0.3 is 19.6 Å². The topological polar surface area (TPSA) is 126 Å². The zero-order valence-corrected chi connectivity index (χ0v) is 19.6. The highest BCUT2D eigenvalue weighted by Gasteiger charge is 2.15. The molecule has 2 aromatic carbocycles. The molecule has 0 radical (unpaired) electrons. The van der Waals surface area contributed by atoms with E-state index in [-0.39, 0.29) is 22.6 Å². The fraction of sp³-hybridized carbons (Fsp3) is 0.185. The van der Waals surface area contributed by atoms with Crippen LogP contribution in [0.5, 0.6) is 0 Å². The first kappa shape index (κ1) is 24.6. The fourth-order valence-corrected chi connectivity index (χ4v) is 3.60. The van der Waals surface area contributed by atoms with E-state index in [0.29, 0.717) is 23.3 Å². The van der Waals surface area contributed by atoms with Crippen molar-refractivity contribution in [2.75, 3.05) is 11.9 Å². The number of aryl methyl sites for hydroxylation is 1. The smallest absolute Gasteiger partial charge is 0.239 e. The summed E-state index contributed by atoms with van der Waals surface area (Å²) in [6.07, 6.45) is 8.43. The zero-order chi connectivity index (χ0) is 25.2. The molecule has 1 atom stereocenters. The van der Waals surface area contributed by atoms with Gasteiger partial charge in [-0.05, 0) is 48.2 Å². The molecule has 0 aliphatic rings. The maximum Gasteiger partial charge on any atom is 0.239 e. The summed E-state index contributed by atoms with van der Waals surface area (Å²) < 4.78 is 11.4. The zero-order valence-electron chi connectivity index (χ0n) is 19.6. The molecule has 4 aromatic rings. The molecule has 0 saturated heterocycles. The first-order valence-corrected chi connectivity index (χ1v) is 11.6. The summed E-state index contributed by atoms with van der Waals surface area (Å²) in [6.45, 7) is 4.38. The van der Waals surface area contributed by atoms with Gasteiger partial charge in [0.1, 0.15) is 0 Å². The second-order valence-electron chi connectivity index (χ2n) is 7.95. The number of para-hydroxylation sites is 1. The van der Waals surface area contributed by atoms with Crippen LogP contribution >= 0.6 is 0 Å². The van der Waals surface area contributed by atoms with Crippen LogP contribution < -0.4 is 10.7 Å². The first-order valence-electron chi connectivity index (χ1n) is 11.6. The average molecular weight is 486 g/mol. The molecule has 36 heavy (non-hydrogen) atoms. The average Bonchev–Trinajstić information content (AvgIpc) is 3.44. The van der Waals surface area contributed by atoms with Gasteiger partial charge in [0.25, 0.3) is 0 Å². The minimum absolute atomic E-state index is 0.154. The number of tetrazole rings is 1. The van der Waals surface area contributed by atoms with Crippen LogP contribution in [0, 0.1) is 0 Å². The van der Waals surface area contributed by atoms with Gasteiger partial charge in [0, 0.05) is 11.6 Å². The van der Waals surface area contributed by atoms with Gasteiger partial charge in [-0.3, -0.25) is 4.79 Å². The molecule has 1 unspecified atom stereocenters. The highest BCUT2D eigenvalue weighted by atomic mass is 16.5. The Kier molecular flexibility index (Phi) is 8.39. The quantitative estimate of drug-likeness (QED) is 0.117. The van der Waals surface area contributed by atoms with Crippen molar-refractivity contribution >= 4 is 16.7 Å². The molecule has 2 aromatic heterocycles. The van der Waals surface area contributed by atoms with Crippen molar-refractivity contribution in [1.82, 2.24) is 20.6 Å². The van der Waals surface area contributed by atoms with E-state index in [1.165, 1.54) is 17.7 Å². The number of benzene rings is 2. The number of aromatic nitrogens is 4. The molecule has 0 aliphatic carbocycles. The number of aliphatic hydroxyl groups excluding tert-OH is 1. The van der Waals surface area contributed by atoms with Gasteiger partial charge in [-0.1, -0.05) is 55.1 Å². The second kappa shape index (κ2) is 12.3. The van der Waals surface area contributed by atoms with Crippen molar-refractivity contribution in [1.29, 1.82) is 0 Å². The van der Waals surface area contributed by atoms with Gasteiger partial charge >= 0.3 is 0 Å². The number of aromatic amines is 1. The van der Waals surface area contributed by atoms with Crippen molar-refractivity contribution in [2.24, 2.45) is 0 Å². The monoisotopic (exact) mass is 485 g/mol. The molecule has 4 rings (SSSR count). The molecule has 3 N–H and O–H groups in total. The number of anilines is 1. The lowest BCUT2D eigenvalue weighted by Crippen LogP contribution is -2.20. The van der Waals surface area contributed by atoms with Crippen LogP contribution in [-0.4, -0.2) is 38.6 Å². The summed E-state index contributed by atoms with van der Waals surface area (Å²) in [5.74, 6) is 0.314. The maximum atomic E-state index is 12.6. The Morgan fingerprint density at radius 3 is 2.83 bits per heavy atom. The summed E-state index contributed by atoms with van der Waals surface area (Å²) in [5, 5.41) is 27.6. The maximum absolute atomic E-state index is 12.6. The second-order valence-corrected chi connectivity index (χ2v) is 7.95. The third-order valence-electron chi connectivity index (χ3n) is 5.45. The Labute approximate surface area is 207 Å². The Balaban J connectivity index is 1.36. The van der Waals surface area contributed by atoms with Gasteiger partial charge in [-0.15, -0.1) is 10.2 Å². The molecule has 0 bridgehead atoms. The SMILES string of the molecule is C=C/C(=C\C=C\OCCCCc1ccccc1)C(O)Nc1cccc2c(=O)cc(-c3nn[nH]n3)oc12. The predicted octanol–water partition coefficient (Wildman–Crippen LogP) is 4.37. The molecule has 9 heteroatoms. The highest BCUT2D eigenvalue weighted by Crippen LogP contribution is 2.26. The Bertz CT molecular complexity index is 1390. The number of hydrogen-bond acceptors (Lipinski definition) is 8. The fourth-order valence-electron chi connectivity index (χ4n) is 3.60. The lowest BCUT2D eigenvalue weighted by Gasteiger charge is -2.16. The van der Waals surface area contributed by atoms with Crippen molar-refractivity contribution in [2.45, 2.75) is 25.5 Å². The molecule has 2 heterocycles. The Morgan fingerprint density at radius 2 is 2.06 bits per heavy atom. The summed E-state index contributed by atoms with van der Waals surface area (Å²) in [6, 6.07) is 16.7. The lowest BCUT2D eigenvalue weighted by molar-refractivity contribution is 0.240. The van der Waals surface area contributed by atoms with Gasteiger partial charge in [0.05, 0.1) is 23.9 Å². The van der Waals surface area contributed by atoms with Crippen LogP contribution in [0.25, 0.3) is 22.6 Å². The van der Waals surface area contributed by atoms with Crippen molar-refractivity contribution < 1.29 is 14.3 Å². The van der Waals surface area contributed by atoms with Gasteiger partial charge in [-0.25, -0.2) is 0 Å². The minimum Gasteiger partial charge on any atom is -0.501 e. The van der Waals surface area contributed by atoms with E-state index in [4.69, 9.17) is 9.15 Å². The minimum atomic E-state index is -1.11. The molecule has 184 valence electrons. The van der Waals surface area contributed by atoms with E-state index >= 15 is 0 Å². The number of hydrogen-bond donors (Lipinski definition) is 3. The summed E-state index contributed by atoms with van der Waals surface area (Å²) in [7, 11) is 0. The van der Waals surface area contributed by atoms with Crippen LogP contribution in [0.4, 0.5) is 5.69 Å². The molecule has 0 fully saturated rings. The number of allylic oxidation sites excluding steroid dienone is 2. The Morgan fingerprint density at radius 1 is 1.19 bits per heavy atom. The molecule has 0 aliphatic heterocycles. The van der Waals surface area contributed by atoms with E-state index < -0.39 is 6.23 Å². The third-order valence-corrected chi connectivity index (χ3v) is 5.45. The van der Waals surface area contributed by atoms with E-state index in [1.807, 2.05) is 18.2 Å².